The van der Waals surface area contributed by atoms with Crippen LogP contribution in [-0.4, -0.2) is 28.4 Å². The van der Waals surface area contributed by atoms with Crippen molar-refractivity contribution in [2.24, 2.45) is 11.6 Å². The van der Waals surface area contributed by atoms with Crippen molar-refractivity contribution in [3.05, 3.63) is 69.9 Å². The van der Waals surface area contributed by atoms with Crippen molar-refractivity contribution in [3.63, 3.8) is 0 Å². The summed E-state index contributed by atoms with van der Waals surface area (Å²) in [6.07, 6.45) is -3.19. The molecule has 0 aliphatic carbocycles. The van der Waals surface area contributed by atoms with Gasteiger partial charge in [-0.2, -0.15) is 13.2 Å². The lowest BCUT2D eigenvalue weighted by Gasteiger charge is -2.37. The zero-order valence-electron chi connectivity index (χ0n) is 15.8. The van der Waals surface area contributed by atoms with Gasteiger partial charge in [0.05, 0.1) is 28.4 Å². The molecule has 0 bridgehead atoms. The number of rotatable bonds is 3. The maximum atomic E-state index is 14.0. The number of amides is 1. The first-order valence-corrected chi connectivity index (χ1v) is 9.19. The molecule has 1 aromatic heterocycles. The maximum Gasteiger partial charge on any atom is 0.417 e. The first-order valence-electron chi connectivity index (χ1n) is 8.82. The molecule has 1 aliphatic heterocycles. The minimum Gasteiger partial charge on any atom is -0.399 e. The average molecular weight is 444 g/mol. The van der Waals surface area contributed by atoms with Crippen LogP contribution in [-0.2, 0) is 6.18 Å². The predicted octanol–water partition coefficient (Wildman–Crippen LogP) is 3.68. The normalized spacial score (nSPS) is 17.3. The van der Waals surface area contributed by atoms with E-state index in [2.05, 4.69) is 4.98 Å². The van der Waals surface area contributed by atoms with Crippen molar-refractivity contribution in [1.29, 1.82) is 0 Å². The Hall–Kier alpha value is -2.85. The van der Waals surface area contributed by atoms with Crippen molar-refractivity contribution in [1.82, 2.24) is 9.88 Å². The summed E-state index contributed by atoms with van der Waals surface area (Å²) in [4.78, 5) is 18.1. The van der Waals surface area contributed by atoms with Crippen molar-refractivity contribution < 1.29 is 22.4 Å². The summed E-state index contributed by atoms with van der Waals surface area (Å²) in [6.45, 7) is 1.55. The maximum absolute atomic E-state index is 14.0. The summed E-state index contributed by atoms with van der Waals surface area (Å²) in [5.74, 6) is 4.50. The summed E-state index contributed by atoms with van der Waals surface area (Å²) in [7, 11) is 0. The van der Waals surface area contributed by atoms with E-state index in [1.54, 1.807) is 6.92 Å². The number of halogens is 5. The molecular weight excluding hydrogens is 426 g/mol. The SMILES string of the molecule is C[C@H]1CC(N(N)c2ncccc2F)=C(N)CN1C(=O)c1cccc(C(F)(F)F)c1Cl. The minimum absolute atomic E-state index is 0.121. The molecule has 30 heavy (non-hydrogen) atoms. The van der Waals surface area contributed by atoms with E-state index >= 15 is 0 Å². The Bertz CT molecular complexity index is 1010. The number of anilines is 1. The lowest BCUT2D eigenvalue weighted by atomic mass is 10.0. The third-order valence-electron chi connectivity index (χ3n) is 4.79. The van der Waals surface area contributed by atoms with Gasteiger partial charge in [0.15, 0.2) is 11.6 Å². The van der Waals surface area contributed by atoms with Crippen LogP contribution in [0.2, 0.25) is 5.02 Å². The Labute approximate surface area is 174 Å². The van der Waals surface area contributed by atoms with E-state index in [9.17, 15) is 22.4 Å². The molecule has 160 valence electrons. The van der Waals surface area contributed by atoms with Gasteiger partial charge in [-0.1, -0.05) is 17.7 Å². The molecule has 1 atom stereocenters. The highest BCUT2D eigenvalue weighted by molar-refractivity contribution is 6.34. The second-order valence-electron chi connectivity index (χ2n) is 6.80. The molecule has 2 aromatic rings. The Morgan fingerprint density at radius 2 is 2.00 bits per heavy atom. The van der Waals surface area contributed by atoms with Crippen molar-refractivity contribution in [2.45, 2.75) is 25.6 Å². The summed E-state index contributed by atoms with van der Waals surface area (Å²) in [6, 6.07) is 5.25. The van der Waals surface area contributed by atoms with Gasteiger partial charge in [-0.15, -0.1) is 0 Å². The highest BCUT2D eigenvalue weighted by Crippen LogP contribution is 2.37. The van der Waals surface area contributed by atoms with Crippen LogP contribution in [0.4, 0.5) is 23.4 Å². The fraction of sp³-hybridized carbons (Fsp3) is 0.263. The van der Waals surface area contributed by atoms with Crippen LogP contribution in [0.25, 0.3) is 0 Å². The lowest BCUT2D eigenvalue weighted by molar-refractivity contribution is -0.137. The molecule has 1 aliphatic rings. The van der Waals surface area contributed by atoms with Crippen LogP contribution >= 0.6 is 11.6 Å². The summed E-state index contributed by atoms with van der Waals surface area (Å²) < 4.78 is 53.3. The quantitative estimate of drug-likeness (QED) is 0.429. The fourth-order valence-electron chi connectivity index (χ4n) is 3.23. The Balaban J connectivity index is 1.91. The van der Waals surface area contributed by atoms with Gasteiger partial charge in [-0.3, -0.25) is 9.80 Å². The second-order valence-corrected chi connectivity index (χ2v) is 7.18. The first kappa shape index (κ1) is 21.8. The van der Waals surface area contributed by atoms with Gasteiger partial charge in [0.25, 0.3) is 5.91 Å². The number of pyridine rings is 1. The number of nitrogens with two attached hydrogens (primary N) is 2. The Morgan fingerprint density at radius 3 is 2.63 bits per heavy atom. The zero-order valence-corrected chi connectivity index (χ0v) is 16.5. The molecule has 0 saturated carbocycles. The lowest BCUT2D eigenvalue weighted by Crippen LogP contribution is -2.48. The number of aromatic nitrogens is 1. The number of hydrogen-bond acceptors (Lipinski definition) is 5. The Morgan fingerprint density at radius 1 is 1.30 bits per heavy atom. The number of hydrogen-bond donors (Lipinski definition) is 2. The largest absolute Gasteiger partial charge is 0.417 e. The van der Waals surface area contributed by atoms with Gasteiger partial charge in [0.1, 0.15) is 0 Å². The molecule has 0 radical (unpaired) electrons. The standard InChI is InChI=1S/C19H18ClF4N5O/c1-10-8-15(29(26)17-13(21)6-3-7-27-17)14(25)9-28(10)18(30)11-4-2-5-12(16(11)20)19(22,23)24/h2-7,10H,8-9,25-26H2,1H3/t10-/m0/s1. The smallest absolute Gasteiger partial charge is 0.399 e. The minimum atomic E-state index is -4.69. The van der Waals surface area contributed by atoms with E-state index in [0.29, 0.717) is 5.70 Å². The molecule has 1 amide bonds. The third kappa shape index (κ3) is 4.05. The molecule has 0 saturated heterocycles. The molecule has 1 aromatic carbocycles. The topological polar surface area (TPSA) is 88.5 Å². The monoisotopic (exact) mass is 443 g/mol. The van der Waals surface area contributed by atoms with Gasteiger partial charge in [-0.25, -0.2) is 15.2 Å². The zero-order chi connectivity index (χ0) is 22.2. The fourth-order valence-corrected chi connectivity index (χ4v) is 3.54. The molecule has 4 N–H and O–H groups in total. The molecule has 0 fully saturated rings. The second kappa shape index (κ2) is 8.11. The predicted molar refractivity (Wildman–Crippen MR) is 104 cm³/mol. The molecule has 0 unspecified atom stereocenters. The van der Waals surface area contributed by atoms with Gasteiger partial charge in [0.2, 0.25) is 0 Å². The number of benzene rings is 1. The average Bonchev–Trinajstić information content (AvgIpc) is 2.68. The number of carbonyl (C=O) groups excluding carboxylic acids is 1. The van der Waals surface area contributed by atoms with E-state index in [4.69, 9.17) is 23.2 Å². The summed E-state index contributed by atoms with van der Waals surface area (Å²) in [5.41, 5.74) is 5.22. The van der Waals surface area contributed by atoms with E-state index < -0.39 is 34.5 Å². The number of alkyl halides is 3. The molecule has 3 rings (SSSR count). The van der Waals surface area contributed by atoms with E-state index in [0.717, 1.165) is 17.1 Å². The highest BCUT2D eigenvalue weighted by Gasteiger charge is 2.37. The van der Waals surface area contributed by atoms with E-state index in [-0.39, 0.29) is 30.0 Å². The number of hydrazine groups is 1. The molecule has 11 heteroatoms. The van der Waals surface area contributed by atoms with Crippen LogP contribution in [0.15, 0.2) is 47.9 Å². The van der Waals surface area contributed by atoms with Crippen LogP contribution in [0.5, 0.6) is 0 Å². The van der Waals surface area contributed by atoms with E-state index in [1.807, 2.05) is 0 Å². The first-order chi connectivity index (χ1) is 14.0. The molecule has 6 nitrogen and oxygen atoms in total. The van der Waals surface area contributed by atoms with Crippen LogP contribution < -0.4 is 16.6 Å². The molecule has 0 spiro atoms. The molecular formula is C19H18ClF4N5O. The number of nitrogens with zero attached hydrogens (tertiary/aromatic N) is 3. The van der Waals surface area contributed by atoms with Crippen LogP contribution in [0, 0.1) is 5.82 Å². The van der Waals surface area contributed by atoms with Gasteiger partial charge in [-0.05, 0) is 31.2 Å². The van der Waals surface area contributed by atoms with Crippen molar-refractivity contribution in [2.75, 3.05) is 11.6 Å². The summed E-state index contributed by atoms with van der Waals surface area (Å²) >= 11 is 5.88. The van der Waals surface area contributed by atoms with Crippen molar-refractivity contribution >= 4 is 23.3 Å². The summed E-state index contributed by atoms with van der Waals surface area (Å²) in [5, 5.41) is 0.340. The third-order valence-corrected chi connectivity index (χ3v) is 5.19. The van der Waals surface area contributed by atoms with E-state index in [1.165, 1.54) is 29.3 Å². The Kier molecular flexibility index (Phi) is 5.91. The molecule has 2 heterocycles. The highest BCUT2D eigenvalue weighted by atomic mass is 35.5. The van der Waals surface area contributed by atoms with Gasteiger partial charge in [0, 0.05) is 24.4 Å². The van der Waals surface area contributed by atoms with Crippen LogP contribution in [0.1, 0.15) is 29.3 Å². The van der Waals surface area contributed by atoms with Gasteiger partial charge >= 0.3 is 6.18 Å². The van der Waals surface area contributed by atoms with Gasteiger partial charge < -0.3 is 10.6 Å². The van der Waals surface area contributed by atoms with Crippen LogP contribution in [0.3, 0.4) is 0 Å². The number of carbonyl (C=O) groups is 1. The van der Waals surface area contributed by atoms with Crippen molar-refractivity contribution in [3.8, 4) is 0 Å².